The number of hydrogen-bond acceptors (Lipinski definition) is 4. The van der Waals surface area contributed by atoms with E-state index >= 15 is 0 Å². The number of aliphatic imine (C=N–C) groups is 2. The monoisotopic (exact) mass is 369 g/mol. The molecule has 0 saturated carbocycles. The van der Waals surface area contributed by atoms with Gasteiger partial charge in [-0.25, -0.2) is 0 Å². The Morgan fingerprint density at radius 1 is 1.05 bits per heavy atom. The summed E-state index contributed by atoms with van der Waals surface area (Å²) in [5, 5.41) is 3.16. The largest absolute Gasteiger partial charge is 1.00 e. The maximum Gasteiger partial charge on any atom is 0.334 e. The average Bonchev–Trinajstić information content (AvgIpc) is 2.97. The van der Waals surface area contributed by atoms with Crippen molar-refractivity contribution in [2.75, 3.05) is 13.1 Å². The van der Waals surface area contributed by atoms with Gasteiger partial charge in [0.2, 0.25) is 6.34 Å². The zero-order valence-corrected chi connectivity index (χ0v) is 15.4. The Bertz CT molecular complexity index is 390. The molecule has 1 N–H and O–H groups in total. The van der Waals surface area contributed by atoms with Crippen LogP contribution in [0.3, 0.4) is 0 Å². The fraction of sp³-hybridized carbons (Fsp3) is 0.765. The van der Waals surface area contributed by atoms with Crippen LogP contribution in [0.1, 0.15) is 71.1 Å². The molecule has 0 amide bonds. The highest BCUT2D eigenvalue weighted by molar-refractivity contribution is 5.67. The van der Waals surface area contributed by atoms with E-state index < -0.39 is 0 Å². The SMILES string of the molecule is CCCCCCCCCCCCN1C=NC2=C(C1)NC=[N+]2.[Br-]. The normalized spacial score (nSPS) is 15.8. The lowest BCUT2D eigenvalue weighted by Gasteiger charge is -2.19. The average molecular weight is 370 g/mol. The first-order valence-electron chi connectivity index (χ1n) is 8.70. The second kappa shape index (κ2) is 11.7. The Kier molecular flexibility index (Phi) is 10.2. The second-order valence-electron chi connectivity index (χ2n) is 6.10. The highest BCUT2D eigenvalue weighted by Gasteiger charge is 2.24. The van der Waals surface area contributed by atoms with Crippen LogP contribution in [-0.2, 0) is 0 Å². The van der Waals surface area contributed by atoms with Crippen molar-refractivity contribution in [3.8, 4) is 0 Å². The molecule has 4 nitrogen and oxygen atoms in total. The van der Waals surface area contributed by atoms with Crippen molar-refractivity contribution >= 4 is 12.7 Å². The summed E-state index contributed by atoms with van der Waals surface area (Å²) >= 11 is 0. The molecular weight excluding hydrogens is 340 g/mol. The Labute approximate surface area is 145 Å². The van der Waals surface area contributed by atoms with Crippen molar-refractivity contribution in [2.24, 2.45) is 4.99 Å². The summed E-state index contributed by atoms with van der Waals surface area (Å²) in [5.41, 5.74) is 1.14. The van der Waals surface area contributed by atoms with E-state index in [9.17, 15) is 0 Å². The quantitative estimate of drug-likeness (QED) is 0.535. The molecule has 0 aromatic carbocycles. The van der Waals surface area contributed by atoms with Crippen LogP contribution >= 0.6 is 0 Å². The van der Waals surface area contributed by atoms with Crippen LogP contribution in [-0.4, -0.2) is 30.7 Å². The third-order valence-corrected chi connectivity index (χ3v) is 4.20. The molecule has 0 fully saturated rings. The van der Waals surface area contributed by atoms with Gasteiger partial charge < -0.3 is 21.9 Å². The molecule has 2 rings (SSSR count). The Morgan fingerprint density at radius 3 is 2.36 bits per heavy atom. The number of unbranched alkanes of at least 4 members (excludes halogenated alkanes) is 9. The van der Waals surface area contributed by atoms with Gasteiger partial charge in [-0.15, -0.1) is 0 Å². The van der Waals surface area contributed by atoms with Crippen molar-refractivity contribution in [1.29, 1.82) is 0 Å². The zero-order chi connectivity index (χ0) is 14.8. The molecule has 0 bridgehead atoms. The lowest BCUT2D eigenvalue weighted by molar-refractivity contribution is -0.00000467. The third kappa shape index (κ3) is 6.95. The summed E-state index contributed by atoms with van der Waals surface area (Å²) in [5.74, 6) is 0.856. The van der Waals surface area contributed by atoms with Gasteiger partial charge in [-0.2, -0.15) is 0 Å². The Hall–Kier alpha value is -0.840. The molecule has 5 heteroatoms. The molecule has 2 heterocycles. The summed E-state index contributed by atoms with van der Waals surface area (Å²) < 4.78 is 0. The maximum atomic E-state index is 4.36. The van der Waals surface area contributed by atoms with E-state index in [2.05, 4.69) is 27.1 Å². The second-order valence-corrected chi connectivity index (χ2v) is 6.10. The summed E-state index contributed by atoms with van der Waals surface area (Å²) in [6.07, 6.45) is 17.6. The molecule has 0 aliphatic carbocycles. The standard InChI is InChI=1S/C17H30N4.BrH/c1-2-3-4-5-6-7-8-9-10-11-12-21-13-16-17(20-15-21)19-14-18-16;/h14-15,18H,2-13H2,1H3;1H/q+1;/p-1. The molecule has 2 aliphatic heterocycles. The summed E-state index contributed by atoms with van der Waals surface area (Å²) in [4.78, 5) is 10.8. The van der Waals surface area contributed by atoms with Crippen molar-refractivity contribution in [3.05, 3.63) is 11.5 Å². The minimum Gasteiger partial charge on any atom is -1.00 e. The van der Waals surface area contributed by atoms with Crippen molar-refractivity contribution in [1.82, 2.24) is 15.2 Å². The molecule has 0 unspecified atom stereocenters. The predicted molar refractivity (Wildman–Crippen MR) is 90.3 cm³/mol. The van der Waals surface area contributed by atoms with Gasteiger partial charge in [0.05, 0.1) is 6.54 Å². The van der Waals surface area contributed by atoms with Crippen LogP contribution in [0.4, 0.5) is 0 Å². The Morgan fingerprint density at radius 2 is 1.68 bits per heavy atom. The van der Waals surface area contributed by atoms with Gasteiger partial charge >= 0.3 is 5.82 Å². The van der Waals surface area contributed by atoms with E-state index in [0.717, 1.165) is 24.6 Å². The molecule has 22 heavy (non-hydrogen) atoms. The van der Waals surface area contributed by atoms with Gasteiger partial charge in [0.1, 0.15) is 0 Å². The van der Waals surface area contributed by atoms with Crippen LogP contribution < -0.4 is 27.3 Å². The van der Waals surface area contributed by atoms with Crippen molar-refractivity contribution in [3.63, 3.8) is 0 Å². The van der Waals surface area contributed by atoms with E-state index in [1.165, 1.54) is 64.2 Å². The first-order chi connectivity index (χ1) is 10.4. The number of nitrogens with zero attached hydrogens (tertiary/aromatic N) is 3. The zero-order valence-electron chi connectivity index (χ0n) is 13.9. The molecule has 0 spiro atoms. The molecule has 0 aromatic heterocycles. The molecule has 0 aromatic rings. The third-order valence-electron chi connectivity index (χ3n) is 4.20. The molecule has 0 saturated heterocycles. The van der Waals surface area contributed by atoms with Crippen LogP contribution in [0, 0.1) is 0 Å². The highest BCUT2D eigenvalue weighted by atomic mass is 79.9. The summed E-state index contributed by atoms with van der Waals surface area (Å²) in [7, 11) is 0. The van der Waals surface area contributed by atoms with Crippen molar-refractivity contribution < 1.29 is 17.0 Å². The number of nitrogens with one attached hydrogen (secondary N) is 1. The smallest absolute Gasteiger partial charge is 0.334 e. The number of hydrogen-bond donors (Lipinski definition) is 1. The van der Waals surface area contributed by atoms with E-state index in [-0.39, 0.29) is 17.0 Å². The predicted octanol–water partition coefficient (Wildman–Crippen LogP) is 0.392. The fourth-order valence-electron chi connectivity index (χ4n) is 2.86. The number of halogens is 1. The van der Waals surface area contributed by atoms with Gasteiger partial charge in [-0.05, 0) is 6.42 Å². The van der Waals surface area contributed by atoms with Gasteiger partial charge in [0.15, 0.2) is 12.0 Å². The molecular formula is C17H30BrN4. The van der Waals surface area contributed by atoms with Gasteiger partial charge in [0, 0.05) is 6.54 Å². The molecule has 1 radical (unpaired) electrons. The van der Waals surface area contributed by atoms with Crippen LogP contribution in [0.2, 0.25) is 0 Å². The van der Waals surface area contributed by atoms with Gasteiger partial charge in [-0.1, -0.05) is 74.7 Å². The van der Waals surface area contributed by atoms with Gasteiger partial charge in [0.25, 0.3) is 0 Å². The minimum absolute atomic E-state index is 0. The fourth-order valence-corrected chi connectivity index (χ4v) is 2.86. The molecule has 2 aliphatic rings. The summed E-state index contributed by atoms with van der Waals surface area (Å²) in [6, 6.07) is 0. The van der Waals surface area contributed by atoms with Crippen molar-refractivity contribution in [2.45, 2.75) is 71.1 Å². The van der Waals surface area contributed by atoms with E-state index in [1.807, 2.05) is 6.34 Å². The van der Waals surface area contributed by atoms with Crippen LogP contribution in [0.5, 0.6) is 0 Å². The first-order valence-corrected chi connectivity index (χ1v) is 8.70. The lowest BCUT2D eigenvalue weighted by atomic mass is 10.1. The number of rotatable bonds is 11. The minimum atomic E-state index is 0. The maximum absolute atomic E-state index is 4.36. The highest BCUT2D eigenvalue weighted by Crippen LogP contribution is 2.13. The lowest BCUT2D eigenvalue weighted by Crippen LogP contribution is -3.00. The van der Waals surface area contributed by atoms with Crippen LogP contribution in [0.25, 0.3) is 0 Å². The molecule has 0 atom stereocenters. The Balaban J connectivity index is 0.00000242. The first kappa shape index (κ1) is 19.2. The van der Waals surface area contributed by atoms with E-state index in [0.29, 0.717) is 0 Å². The summed E-state index contributed by atoms with van der Waals surface area (Å²) in [6.45, 7) is 4.31. The molecule has 125 valence electrons. The van der Waals surface area contributed by atoms with Crippen LogP contribution in [0.15, 0.2) is 16.5 Å². The topological polar surface area (TPSA) is 41.7 Å². The van der Waals surface area contributed by atoms with E-state index in [1.54, 1.807) is 6.34 Å². The van der Waals surface area contributed by atoms with E-state index in [4.69, 9.17) is 0 Å². The van der Waals surface area contributed by atoms with Gasteiger partial charge in [-0.3, -0.25) is 5.32 Å².